The van der Waals surface area contributed by atoms with Crippen LogP contribution in [0.1, 0.15) is 38.4 Å². The summed E-state index contributed by atoms with van der Waals surface area (Å²) >= 11 is 0. The van der Waals surface area contributed by atoms with Crippen LogP contribution in [-0.2, 0) is 0 Å². The third-order valence-electron chi connectivity index (χ3n) is 3.25. The van der Waals surface area contributed by atoms with Crippen molar-refractivity contribution >= 4 is 11.6 Å². The average molecular weight is 234 g/mol. The van der Waals surface area contributed by atoms with Crippen molar-refractivity contribution in [1.29, 1.82) is 0 Å². The Kier molecular flexibility index (Phi) is 3.82. The van der Waals surface area contributed by atoms with E-state index in [1.807, 2.05) is 20.0 Å². The second-order valence-electron chi connectivity index (χ2n) is 4.86. The maximum Gasteiger partial charge on any atom is 0.132 e. The first-order valence-corrected chi connectivity index (χ1v) is 6.51. The number of hydrogen-bond donors (Lipinski definition) is 2. The normalized spacial score (nSPS) is 16.6. The Hall–Kier alpha value is -1.32. The van der Waals surface area contributed by atoms with Crippen molar-refractivity contribution < 1.29 is 0 Å². The van der Waals surface area contributed by atoms with Crippen LogP contribution in [0.2, 0.25) is 0 Å². The van der Waals surface area contributed by atoms with Gasteiger partial charge in [0, 0.05) is 19.2 Å². The van der Waals surface area contributed by atoms with E-state index in [-0.39, 0.29) is 0 Å². The van der Waals surface area contributed by atoms with Crippen molar-refractivity contribution in [3.05, 3.63) is 11.9 Å². The number of nitrogens with one attached hydrogen (secondary N) is 2. The number of rotatable bonds is 6. The molecule has 1 aliphatic rings. The van der Waals surface area contributed by atoms with E-state index in [1.165, 1.54) is 19.3 Å². The number of nitrogens with zero attached hydrogens (tertiary/aromatic N) is 2. The highest BCUT2D eigenvalue weighted by atomic mass is 15.1. The van der Waals surface area contributed by atoms with Crippen LogP contribution in [0.25, 0.3) is 0 Å². The zero-order chi connectivity index (χ0) is 12.3. The molecule has 4 nitrogen and oxygen atoms in total. The predicted molar refractivity (Wildman–Crippen MR) is 71.4 cm³/mol. The van der Waals surface area contributed by atoms with Crippen molar-refractivity contribution in [2.45, 2.75) is 45.6 Å². The van der Waals surface area contributed by atoms with Gasteiger partial charge in [-0.15, -0.1) is 0 Å². The molecular weight excluding hydrogens is 212 g/mol. The van der Waals surface area contributed by atoms with E-state index in [4.69, 9.17) is 0 Å². The zero-order valence-corrected chi connectivity index (χ0v) is 11.0. The van der Waals surface area contributed by atoms with Crippen LogP contribution in [0.15, 0.2) is 6.07 Å². The molecule has 94 valence electrons. The molecule has 1 heterocycles. The summed E-state index contributed by atoms with van der Waals surface area (Å²) in [6.45, 7) is 4.15. The summed E-state index contributed by atoms with van der Waals surface area (Å²) in [6.07, 6.45) is 5.23. The van der Waals surface area contributed by atoms with Crippen molar-refractivity contribution in [1.82, 2.24) is 9.97 Å². The van der Waals surface area contributed by atoms with Gasteiger partial charge in [-0.25, -0.2) is 9.97 Å². The molecular formula is C13H22N4. The maximum atomic E-state index is 4.44. The van der Waals surface area contributed by atoms with E-state index in [2.05, 4.69) is 27.5 Å². The maximum absolute atomic E-state index is 4.44. The molecule has 0 saturated heterocycles. The van der Waals surface area contributed by atoms with Gasteiger partial charge in [-0.2, -0.15) is 0 Å². The lowest BCUT2D eigenvalue weighted by molar-refractivity contribution is 0.585. The lowest BCUT2D eigenvalue weighted by Gasteiger charge is -2.17. The third-order valence-corrected chi connectivity index (χ3v) is 3.25. The second kappa shape index (κ2) is 5.34. The van der Waals surface area contributed by atoms with Gasteiger partial charge in [0.25, 0.3) is 0 Å². The summed E-state index contributed by atoms with van der Waals surface area (Å²) in [4.78, 5) is 8.73. The standard InChI is InChI=1S/C13H22N4/c1-4-11(7-10-5-6-10)17-13-8-12(14-3)15-9(2)16-13/h8,10-11H,4-7H2,1-3H3,(H2,14,15,16,17). The molecule has 17 heavy (non-hydrogen) atoms. The van der Waals surface area contributed by atoms with Crippen molar-refractivity contribution in [2.75, 3.05) is 17.7 Å². The summed E-state index contributed by atoms with van der Waals surface area (Å²) in [7, 11) is 1.88. The van der Waals surface area contributed by atoms with E-state index in [0.29, 0.717) is 6.04 Å². The molecule has 0 radical (unpaired) electrons. The van der Waals surface area contributed by atoms with Crippen molar-refractivity contribution in [2.24, 2.45) is 5.92 Å². The first kappa shape index (κ1) is 12.1. The Balaban J connectivity index is 2.01. The lowest BCUT2D eigenvalue weighted by Crippen LogP contribution is -2.20. The van der Waals surface area contributed by atoms with Crippen molar-refractivity contribution in [3.8, 4) is 0 Å². The van der Waals surface area contributed by atoms with E-state index in [9.17, 15) is 0 Å². The molecule has 0 aliphatic heterocycles. The molecule has 1 atom stereocenters. The fraction of sp³-hybridized carbons (Fsp3) is 0.692. The van der Waals surface area contributed by atoms with Crippen LogP contribution in [0.5, 0.6) is 0 Å². The number of hydrogen-bond acceptors (Lipinski definition) is 4. The largest absolute Gasteiger partial charge is 0.373 e. The first-order valence-electron chi connectivity index (χ1n) is 6.51. The van der Waals surface area contributed by atoms with Crippen LogP contribution in [0.4, 0.5) is 11.6 Å². The minimum atomic E-state index is 0.543. The summed E-state index contributed by atoms with van der Waals surface area (Å²) in [6, 6.07) is 2.52. The Morgan fingerprint density at radius 1 is 1.35 bits per heavy atom. The van der Waals surface area contributed by atoms with Gasteiger partial charge in [-0.3, -0.25) is 0 Å². The van der Waals surface area contributed by atoms with Gasteiger partial charge in [0.1, 0.15) is 17.5 Å². The van der Waals surface area contributed by atoms with Crippen molar-refractivity contribution in [3.63, 3.8) is 0 Å². The van der Waals surface area contributed by atoms with Crippen LogP contribution >= 0.6 is 0 Å². The average Bonchev–Trinajstić information content (AvgIpc) is 3.11. The van der Waals surface area contributed by atoms with Crippen LogP contribution < -0.4 is 10.6 Å². The lowest BCUT2D eigenvalue weighted by atomic mass is 10.1. The SMILES string of the molecule is CCC(CC1CC1)Nc1cc(NC)nc(C)n1. The van der Waals surface area contributed by atoms with E-state index < -0.39 is 0 Å². The summed E-state index contributed by atoms with van der Waals surface area (Å²) < 4.78 is 0. The Bertz CT molecular complexity index is 374. The molecule has 1 aromatic rings. The van der Waals surface area contributed by atoms with Gasteiger partial charge in [-0.05, 0) is 25.7 Å². The van der Waals surface area contributed by atoms with Gasteiger partial charge in [0.05, 0.1) is 0 Å². The summed E-state index contributed by atoms with van der Waals surface area (Å²) in [5.41, 5.74) is 0. The Morgan fingerprint density at radius 3 is 2.65 bits per heavy atom. The van der Waals surface area contributed by atoms with Gasteiger partial charge < -0.3 is 10.6 Å². The van der Waals surface area contributed by atoms with Crippen LogP contribution in [0, 0.1) is 12.8 Å². The quantitative estimate of drug-likeness (QED) is 0.794. The molecule has 1 unspecified atom stereocenters. The monoisotopic (exact) mass is 234 g/mol. The van der Waals surface area contributed by atoms with E-state index in [0.717, 1.165) is 29.8 Å². The van der Waals surface area contributed by atoms with Crippen LogP contribution in [0.3, 0.4) is 0 Å². The van der Waals surface area contributed by atoms with Gasteiger partial charge in [0.2, 0.25) is 0 Å². The molecule has 0 aromatic carbocycles. The number of aryl methyl sites for hydroxylation is 1. The molecule has 2 rings (SSSR count). The molecule has 2 N–H and O–H groups in total. The third kappa shape index (κ3) is 3.58. The Morgan fingerprint density at radius 2 is 2.06 bits per heavy atom. The topological polar surface area (TPSA) is 49.8 Å². The summed E-state index contributed by atoms with van der Waals surface area (Å²) in [5, 5.41) is 6.59. The van der Waals surface area contributed by atoms with Gasteiger partial charge >= 0.3 is 0 Å². The van der Waals surface area contributed by atoms with Gasteiger partial charge in [0.15, 0.2) is 0 Å². The minimum Gasteiger partial charge on any atom is -0.373 e. The molecule has 1 saturated carbocycles. The minimum absolute atomic E-state index is 0.543. The molecule has 1 aliphatic carbocycles. The molecule has 1 aromatic heterocycles. The zero-order valence-electron chi connectivity index (χ0n) is 11.0. The smallest absolute Gasteiger partial charge is 0.132 e. The number of anilines is 2. The first-order chi connectivity index (χ1) is 8.21. The Labute approximate surface area is 103 Å². The molecule has 0 bridgehead atoms. The van der Waals surface area contributed by atoms with Gasteiger partial charge in [-0.1, -0.05) is 19.8 Å². The molecule has 1 fully saturated rings. The number of aromatic nitrogens is 2. The highest BCUT2D eigenvalue weighted by Gasteiger charge is 2.24. The second-order valence-corrected chi connectivity index (χ2v) is 4.86. The fourth-order valence-electron chi connectivity index (χ4n) is 2.06. The van der Waals surface area contributed by atoms with Crippen LogP contribution in [-0.4, -0.2) is 23.1 Å². The highest BCUT2D eigenvalue weighted by Crippen LogP contribution is 2.34. The van der Waals surface area contributed by atoms with E-state index >= 15 is 0 Å². The molecule has 0 amide bonds. The summed E-state index contributed by atoms with van der Waals surface area (Å²) in [5.74, 6) is 3.57. The van der Waals surface area contributed by atoms with E-state index in [1.54, 1.807) is 0 Å². The fourth-order valence-corrected chi connectivity index (χ4v) is 2.06. The molecule has 4 heteroatoms. The predicted octanol–water partition coefficient (Wildman–Crippen LogP) is 2.82. The highest BCUT2D eigenvalue weighted by molar-refractivity contribution is 5.47. The molecule has 0 spiro atoms.